The van der Waals surface area contributed by atoms with E-state index in [-0.39, 0.29) is 42.7 Å². The second kappa shape index (κ2) is 7.70. The number of amides is 2. The Bertz CT molecular complexity index is 323. The first-order valence-corrected chi connectivity index (χ1v) is 6.67. The zero-order valence-corrected chi connectivity index (χ0v) is 13.0. The number of rotatable bonds is 4. The van der Waals surface area contributed by atoms with E-state index in [1.165, 1.54) is 0 Å². The van der Waals surface area contributed by atoms with Gasteiger partial charge in [-0.2, -0.15) is 0 Å². The van der Waals surface area contributed by atoms with Gasteiger partial charge in [-0.3, -0.25) is 9.59 Å². The summed E-state index contributed by atoms with van der Waals surface area (Å²) >= 11 is 0. The average molecular weight is 292 g/mol. The Hall–Kier alpha value is -0.810. The lowest BCUT2D eigenvalue weighted by Crippen LogP contribution is -2.48. The van der Waals surface area contributed by atoms with E-state index in [9.17, 15) is 9.59 Å². The Morgan fingerprint density at radius 2 is 1.95 bits per heavy atom. The van der Waals surface area contributed by atoms with Crippen molar-refractivity contribution in [1.29, 1.82) is 0 Å². The van der Waals surface area contributed by atoms with Crippen molar-refractivity contribution < 1.29 is 9.59 Å². The van der Waals surface area contributed by atoms with Gasteiger partial charge in [0.2, 0.25) is 11.8 Å². The Morgan fingerprint density at radius 1 is 1.37 bits per heavy atom. The lowest BCUT2D eigenvalue weighted by molar-refractivity contribution is -0.134. The number of carbonyl (C=O) groups excluding carboxylic acids is 2. The number of nitrogens with one attached hydrogen (secondary N) is 1. The second-order valence-corrected chi connectivity index (χ2v) is 5.58. The van der Waals surface area contributed by atoms with Gasteiger partial charge in [0.15, 0.2) is 0 Å². The smallest absolute Gasteiger partial charge is 0.242 e. The maximum Gasteiger partial charge on any atom is 0.242 e. The van der Waals surface area contributed by atoms with Crippen LogP contribution in [0.1, 0.15) is 34.1 Å². The molecule has 19 heavy (non-hydrogen) atoms. The summed E-state index contributed by atoms with van der Waals surface area (Å²) in [5, 5.41) is 2.62. The van der Waals surface area contributed by atoms with Crippen molar-refractivity contribution in [3.63, 3.8) is 0 Å². The van der Waals surface area contributed by atoms with Crippen molar-refractivity contribution in [2.45, 2.75) is 46.2 Å². The van der Waals surface area contributed by atoms with Crippen LogP contribution in [0.25, 0.3) is 0 Å². The molecule has 1 aliphatic rings. The molecule has 0 bridgehead atoms. The minimum Gasteiger partial charge on any atom is -0.346 e. The lowest BCUT2D eigenvalue weighted by atomic mass is 10.0. The van der Waals surface area contributed by atoms with Crippen LogP contribution in [0.15, 0.2) is 0 Å². The van der Waals surface area contributed by atoms with Crippen LogP contribution in [-0.4, -0.2) is 41.9 Å². The molecule has 0 saturated carbocycles. The summed E-state index contributed by atoms with van der Waals surface area (Å²) in [6.45, 7) is 8.80. The normalized spacial score (nSPS) is 24.0. The monoisotopic (exact) mass is 291 g/mol. The highest BCUT2D eigenvalue weighted by atomic mass is 35.5. The topological polar surface area (TPSA) is 75.4 Å². The van der Waals surface area contributed by atoms with Crippen molar-refractivity contribution >= 4 is 24.2 Å². The number of nitrogens with two attached hydrogens (primary N) is 1. The molecule has 0 aromatic rings. The molecule has 1 rings (SSSR count). The molecular weight excluding hydrogens is 266 g/mol. The molecule has 112 valence electrons. The predicted octanol–water partition coefficient (Wildman–Crippen LogP) is 0.765. The van der Waals surface area contributed by atoms with Crippen LogP contribution in [0.4, 0.5) is 0 Å². The van der Waals surface area contributed by atoms with E-state index in [0.29, 0.717) is 5.92 Å². The van der Waals surface area contributed by atoms with Gasteiger partial charge in [-0.25, -0.2) is 0 Å². The van der Waals surface area contributed by atoms with Crippen molar-refractivity contribution in [1.82, 2.24) is 10.2 Å². The van der Waals surface area contributed by atoms with E-state index in [1.807, 2.05) is 18.7 Å². The van der Waals surface area contributed by atoms with Crippen molar-refractivity contribution in [2.75, 3.05) is 13.1 Å². The summed E-state index contributed by atoms with van der Waals surface area (Å²) in [5.41, 5.74) is 5.71. The molecule has 0 radical (unpaired) electrons. The minimum atomic E-state index is -0.548. The van der Waals surface area contributed by atoms with Crippen molar-refractivity contribution in [2.24, 2.45) is 17.6 Å². The fraction of sp³-hybridized carbons (Fsp3) is 0.846. The third kappa shape index (κ3) is 4.66. The van der Waals surface area contributed by atoms with E-state index in [2.05, 4.69) is 19.2 Å². The molecule has 0 aliphatic carbocycles. The molecule has 0 spiro atoms. The third-order valence-electron chi connectivity index (χ3n) is 3.90. The number of carbonyl (C=O) groups is 2. The van der Waals surface area contributed by atoms with Gasteiger partial charge in [0.05, 0.1) is 12.6 Å². The summed E-state index contributed by atoms with van der Waals surface area (Å²) in [5.74, 6) is 0.336. The van der Waals surface area contributed by atoms with Crippen molar-refractivity contribution in [3.8, 4) is 0 Å². The molecule has 1 saturated heterocycles. The molecule has 0 aromatic heterocycles. The molecule has 3 N–H and O–H groups in total. The van der Waals surface area contributed by atoms with Gasteiger partial charge < -0.3 is 16.0 Å². The average Bonchev–Trinajstić information content (AvgIpc) is 2.65. The van der Waals surface area contributed by atoms with Gasteiger partial charge in [0.25, 0.3) is 0 Å². The van der Waals surface area contributed by atoms with E-state index in [0.717, 1.165) is 13.0 Å². The number of halogens is 1. The SMILES string of the molecule is CC1CCN(C(=O)CNC(=O)[C@@H](N)C(C)C)C1C.Cl. The molecule has 6 heteroatoms. The van der Waals surface area contributed by atoms with Gasteiger partial charge in [0.1, 0.15) is 0 Å². The Balaban J connectivity index is 0.00000324. The number of nitrogens with zero attached hydrogens (tertiary/aromatic N) is 1. The summed E-state index contributed by atoms with van der Waals surface area (Å²) in [6.07, 6.45) is 1.03. The highest BCUT2D eigenvalue weighted by molar-refractivity contribution is 5.87. The second-order valence-electron chi connectivity index (χ2n) is 5.58. The number of hydrogen-bond donors (Lipinski definition) is 2. The Morgan fingerprint density at radius 3 is 2.37 bits per heavy atom. The molecule has 2 unspecified atom stereocenters. The zero-order chi connectivity index (χ0) is 13.9. The van der Waals surface area contributed by atoms with Crippen LogP contribution in [-0.2, 0) is 9.59 Å². The maximum atomic E-state index is 12.0. The van der Waals surface area contributed by atoms with Crippen LogP contribution >= 0.6 is 12.4 Å². The third-order valence-corrected chi connectivity index (χ3v) is 3.90. The van der Waals surface area contributed by atoms with E-state index >= 15 is 0 Å². The summed E-state index contributed by atoms with van der Waals surface area (Å²) in [6, 6.07) is -0.291. The molecule has 0 aromatic carbocycles. The molecular formula is C13H26ClN3O2. The highest BCUT2D eigenvalue weighted by Crippen LogP contribution is 2.22. The standard InChI is InChI=1S/C13H25N3O2.ClH/c1-8(2)12(14)13(18)15-7-11(17)16-6-5-9(3)10(16)4;/h8-10,12H,5-7,14H2,1-4H3,(H,15,18);1H/t9?,10?,12-;/m0./s1. The first-order valence-electron chi connectivity index (χ1n) is 6.67. The van der Waals surface area contributed by atoms with Gasteiger partial charge in [-0.05, 0) is 25.2 Å². The van der Waals surface area contributed by atoms with Crippen molar-refractivity contribution in [3.05, 3.63) is 0 Å². The Kier molecular flexibility index (Phi) is 7.37. The summed E-state index contributed by atoms with van der Waals surface area (Å²) in [4.78, 5) is 25.5. The number of likely N-dealkylation sites (tertiary alicyclic amines) is 1. The molecule has 1 aliphatic heterocycles. The first-order chi connectivity index (χ1) is 8.34. The fourth-order valence-corrected chi connectivity index (χ4v) is 2.13. The molecule has 5 nitrogen and oxygen atoms in total. The largest absolute Gasteiger partial charge is 0.346 e. The van der Waals surface area contributed by atoms with E-state index in [1.54, 1.807) is 0 Å². The van der Waals surface area contributed by atoms with E-state index in [4.69, 9.17) is 5.73 Å². The maximum absolute atomic E-state index is 12.0. The van der Waals surface area contributed by atoms with Crippen LogP contribution in [0.3, 0.4) is 0 Å². The lowest BCUT2D eigenvalue weighted by Gasteiger charge is -2.24. The van der Waals surface area contributed by atoms with Gasteiger partial charge in [0, 0.05) is 12.6 Å². The summed E-state index contributed by atoms with van der Waals surface area (Å²) < 4.78 is 0. The van der Waals surface area contributed by atoms with Crippen LogP contribution in [0, 0.1) is 11.8 Å². The predicted molar refractivity (Wildman–Crippen MR) is 78.0 cm³/mol. The zero-order valence-electron chi connectivity index (χ0n) is 12.2. The quantitative estimate of drug-likeness (QED) is 0.803. The Labute approximate surface area is 121 Å². The summed E-state index contributed by atoms with van der Waals surface area (Å²) in [7, 11) is 0. The molecule has 3 atom stereocenters. The number of hydrogen-bond acceptors (Lipinski definition) is 3. The van der Waals surface area contributed by atoms with Crippen LogP contribution in [0.5, 0.6) is 0 Å². The molecule has 2 amide bonds. The van der Waals surface area contributed by atoms with E-state index < -0.39 is 6.04 Å². The van der Waals surface area contributed by atoms with Crippen LogP contribution in [0.2, 0.25) is 0 Å². The minimum absolute atomic E-state index is 0. The first kappa shape index (κ1) is 18.2. The fourth-order valence-electron chi connectivity index (χ4n) is 2.13. The van der Waals surface area contributed by atoms with Crippen LogP contribution < -0.4 is 11.1 Å². The molecule has 1 heterocycles. The highest BCUT2D eigenvalue weighted by Gasteiger charge is 2.31. The van der Waals surface area contributed by atoms with Gasteiger partial charge in [-0.1, -0.05) is 20.8 Å². The van der Waals surface area contributed by atoms with Gasteiger partial charge >= 0.3 is 0 Å². The van der Waals surface area contributed by atoms with Gasteiger partial charge in [-0.15, -0.1) is 12.4 Å². The molecule has 1 fully saturated rings.